The maximum Gasteiger partial charge on any atom is 0.137 e. The summed E-state index contributed by atoms with van der Waals surface area (Å²) in [4.78, 5) is 3.94. The van der Waals surface area contributed by atoms with E-state index < -0.39 is 0 Å². The van der Waals surface area contributed by atoms with Crippen molar-refractivity contribution in [3.05, 3.63) is 28.5 Å². The minimum absolute atomic E-state index is 0.451. The molecule has 47 valence electrons. The summed E-state index contributed by atoms with van der Waals surface area (Å²) in [5.74, 6) is 0. The van der Waals surface area contributed by atoms with Gasteiger partial charge in [-0.3, -0.25) is 0 Å². The predicted octanol–water partition coefficient (Wildman–Crippen LogP) is 2.15. The largest absolute Gasteiger partial charge is 0.241 e. The lowest BCUT2D eigenvalue weighted by Crippen LogP contribution is -1.82. The Hall–Kier alpha value is -0.560. The zero-order chi connectivity index (χ0) is 6.85. The molecule has 0 amide bonds. The summed E-state index contributed by atoms with van der Waals surface area (Å²) in [6.45, 7) is 3.85. The van der Waals surface area contributed by atoms with Crippen LogP contribution in [-0.2, 0) is 0 Å². The van der Waals surface area contributed by atoms with Gasteiger partial charge in [0.15, 0.2) is 0 Å². The van der Waals surface area contributed by atoms with Crippen LogP contribution in [0.3, 0.4) is 0 Å². The Labute approximate surface area is 59.7 Å². The van der Waals surface area contributed by atoms with E-state index in [2.05, 4.69) is 11.1 Å². The second kappa shape index (κ2) is 2.36. The van der Waals surface area contributed by atoms with E-state index >= 15 is 0 Å². The molecule has 1 aromatic rings. The lowest BCUT2D eigenvalue weighted by molar-refractivity contribution is 1.17. The summed E-state index contributed by atoms with van der Waals surface area (Å²) < 4.78 is 0. The van der Waals surface area contributed by atoms with Crippen LogP contribution in [0.25, 0.3) is 0 Å². The van der Waals surface area contributed by atoms with Crippen LogP contribution in [0.5, 0.6) is 0 Å². The Bertz CT molecular complexity index is 170. The highest BCUT2D eigenvalue weighted by Gasteiger charge is 1.91. The normalized spacial score (nSPS) is 9.67. The Morgan fingerprint density at radius 3 is 2.67 bits per heavy atom. The van der Waals surface area contributed by atoms with Gasteiger partial charge in [0, 0.05) is 11.8 Å². The van der Waals surface area contributed by atoms with Crippen molar-refractivity contribution in [2.75, 3.05) is 0 Å². The molecule has 1 aromatic heterocycles. The number of nitrogens with zero attached hydrogens (tertiary/aromatic N) is 1. The first-order chi connectivity index (χ1) is 4.18. The summed E-state index contributed by atoms with van der Waals surface area (Å²) in [7, 11) is 0. The van der Waals surface area contributed by atoms with Crippen LogP contribution in [-0.4, -0.2) is 4.98 Å². The number of pyridine rings is 1. The van der Waals surface area contributed by atoms with Gasteiger partial charge in [0.05, 0.1) is 0 Å². The van der Waals surface area contributed by atoms with Gasteiger partial charge < -0.3 is 0 Å². The average Bonchev–Trinajstić information content (AvgIpc) is 1.59. The van der Waals surface area contributed by atoms with Gasteiger partial charge in [-0.1, -0.05) is 11.6 Å². The van der Waals surface area contributed by atoms with Gasteiger partial charge in [0.25, 0.3) is 0 Å². The topological polar surface area (TPSA) is 12.9 Å². The molecule has 1 rings (SSSR count). The highest BCUT2D eigenvalue weighted by atomic mass is 35.5. The summed E-state index contributed by atoms with van der Waals surface area (Å²) in [6, 6.07) is 4.80. The third-order valence-electron chi connectivity index (χ3n) is 1.00. The molecule has 1 radical (unpaired) electrons. The smallest absolute Gasteiger partial charge is 0.137 e. The van der Waals surface area contributed by atoms with E-state index in [-0.39, 0.29) is 0 Å². The molecule has 1 nitrogen and oxygen atoms in total. The van der Waals surface area contributed by atoms with Crippen LogP contribution in [0, 0.1) is 19.9 Å². The second-order valence-corrected chi connectivity index (χ2v) is 2.35. The third-order valence-corrected chi connectivity index (χ3v) is 1.18. The molecule has 0 fully saturated rings. The molecule has 2 heteroatoms. The van der Waals surface area contributed by atoms with Crippen molar-refractivity contribution in [2.45, 2.75) is 13.8 Å². The van der Waals surface area contributed by atoms with E-state index in [9.17, 15) is 0 Å². The maximum atomic E-state index is 5.58. The van der Waals surface area contributed by atoms with Crippen LogP contribution < -0.4 is 0 Å². The molecule has 0 saturated carbocycles. The van der Waals surface area contributed by atoms with E-state index in [1.54, 1.807) is 0 Å². The van der Waals surface area contributed by atoms with Crippen LogP contribution in [0.1, 0.15) is 11.3 Å². The summed E-state index contributed by atoms with van der Waals surface area (Å²) in [5, 5.41) is 0.451. The fourth-order valence-electron chi connectivity index (χ4n) is 0.727. The first-order valence-corrected chi connectivity index (χ1v) is 3.09. The molecule has 0 aromatic carbocycles. The molecule has 0 bridgehead atoms. The molecule has 0 saturated heterocycles. The standard InChI is InChI=1S/C7H7ClN/c1-5-3-6(2)9-7(8)4-5/h3H,1-2H3. The molecule has 0 spiro atoms. The molecule has 0 aliphatic rings. The van der Waals surface area contributed by atoms with Gasteiger partial charge in [-0.2, -0.15) is 0 Å². The van der Waals surface area contributed by atoms with Gasteiger partial charge in [-0.05, 0) is 25.5 Å². The zero-order valence-corrected chi connectivity index (χ0v) is 6.16. The SMILES string of the molecule is Cc1[c]c(Cl)nc(C)c1. The summed E-state index contributed by atoms with van der Waals surface area (Å²) in [6.07, 6.45) is 0. The van der Waals surface area contributed by atoms with E-state index in [4.69, 9.17) is 11.6 Å². The van der Waals surface area contributed by atoms with Crippen molar-refractivity contribution in [2.24, 2.45) is 0 Å². The number of aromatic nitrogens is 1. The molecule has 1 heterocycles. The Morgan fingerprint density at radius 2 is 2.22 bits per heavy atom. The van der Waals surface area contributed by atoms with Gasteiger partial charge >= 0.3 is 0 Å². The number of aryl methyl sites for hydroxylation is 2. The van der Waals surface area contributed by atoms with Crippen molar-refractivity contribution in [3.8, 4) is 0 Å². The third kappa shape index (κ3) is 1.68. The quantitative estimate of drug-likeness (QED) is 0.504. The highest BCUT2D eigenvalue weighted by molar-refractivity contribution is 6.29. The van der Waals surface area contributed by atoms with Crippen LogP contribution >= 0.6 is 11.6 Å². The van der Waals surface area contributed by atoms with E-state index in [1.165, 1.54) is 0 Å². The Balaban J connectivity index is 3.17. The van der Waals surface area contributed by atoms with Crippen molar-refractivity contribution in [1.82, 2.24) is 4.98 Å². The molecule has 0 unspecified atom stereocenters. The fourth-order valence-corrected chi connectivity index (χ4v) is 1.01. The lowest BCUT2D eigenvalue weighted by atomic mass is 10.3. The molecule has 9 heavy (non-hydrogen) atoms. The summed E-state index contributed by atoms with van der Waals surface area (Å²) in [5.41, 5.74) is 1.98. The highest BCUT2D eigenvalue weighted by Crippen LogP contribution is 2.07. The van der Waals surface area contributed by atoms with E-state index in [0.717, 1.165) is 11.3 Å². The minimum Gasteiger partial charge on any atom is -0.241 e. The monoisotopic (exact) mass is 140 g/mol. The molecule has 0 atom stereocenters. The molecular weight excluding hydrogens is 134 g/mol. The van der Waals surface area contributed by atoms with E-state index in [1.807, 2.05) is 19.9 Å². The second-order valence-electron chi connectivity index (χ2n) is 2.00. The van der Waals surface area contributed by atoms with Gasteiger partial charge in [-0.25, -0.2) is 4.98 Å². The fraction of sp³-hybridized carbons (Fsp3) is 0.286. The van der Waals surface area contributed by atoms with Crippen molar-refractivity contribution >= 4 is 11.6 Å². The molecule has 0 N–H and O–H groups in total. The number of hydrogen-bond donors (Lipinski definition) is 0. The number of hydrogen-bond acceptors (Lipinski definition) is 1. The Kier molecular flexibility index (Phi) is 1.72. The Morgan fingerprint density at radius 1 is 1.56 bits per heavy atom. The van der Waals surface area contributed by atoms with Crippen molar-refractivity contribution in [3.63, 3.8) is 0 Å². The molecule has 0 aliphatic heterocycles. The van der Waals surface area contributed by atoms with Crippen LogP contribution in [0.2, 0.25) is 5.15 Å². The summed E-state index contributed by atoms with van der Waals surface area (Å²) >= 11 is 5.58. The predicted molar refractivity (Wildman–Crippen MR) is 37.6 cm³/mol. The molecular formula is C7H7ClN. The minimum atomic E-state index is 0.451. The van der Waals surface area contributed by atoms with Gasteiger partial charge in [-0.15, -0.1) is 0 Å². The van der Waals surface area contributed by atoms with Crippen molar-refractivity contribution < 1.29 is 0 Å². The van der Waals surface area contributed by atoms with E-state index in [0.29, 0.717) is 5.15 Å². The lowest BCUT2D eigenvalue weighted by Gasteiger charge is -1.93. The number of rotatable bonds is 0. The van der Waals surface area contributed by atoms with Crippen LogP contribution in [0.4, 0.5) is 0 Å². The molecule has 0 aliphatic carbocycles. The van der Waals surface area contributed by atoms with Gasteiger partial charge in [0.2, 0.25) is 0 Å². The number of halogens is 1. The zero-order valence-electron chi connectivity index (χ0n) is 5.40. The van der Waals surface area contributed by atoms with Crippen molar-refractivity contribution in [1.29, 1.82) is 0 Å². The van der Waals surface area contributed by atoms with Crippen LogP contribution in [0.15, 0.2) is 6.07 Å². The first-order valence-electron chi connectivity index (χ1n) is 2.71. The van der Waals surface area contributed by atoms with Gasteiger partial charge in [0.1, 0.15) is 5.15 Å². The average molecular weight is 141 g/mol. The first kappa shape index (κ1) is 6.56. The maximum absolute atomic E-state index is 5.58.